The maximum absolute atomic E-state index is 13.9. The molecule has 154 valence electrons. The molecule has 0 spiro atoms. The van der Waals surface area contributed by atoms with E-state index in [-0.39, 0.29) is 25.1 Å². The summed E-state index contributed by atoms with van der Waals surface area (Å²) in [6.07, 6.45) is 3.56. The molecule has 4 aromatic rings. The van der Waals surface area contributed by atoms with Crippen molar-refractivity contribution in [1.82, 2.24) is 24.7 Å². The number of halogens is 2. The molecule has 0 fully saturated rings. The van der Waals surface area contributed by atoms with E-state index < -0.39 is 11.6 Å². The minimum atomic E-state index is -0.570. The summed E-state index contributed by atoms with van der Waals surface area (Å²) in [6.45, 7) is 2.47. The number of hydrogen-bond donors (Lipinski definition) is 1. The van der Waals surface area contributed by atoms with Crippen LogP contribution in [0.5, 0.6) is 0 Å². The predicted octanol–water partition coefficient (Wildman–Crippen LogP) is 4.25. The maximum Gasteiger partial charge on any atom is 0.183 e. The van der Waals surface area contributed by atoms with Crippen molar-refractivity contribution < 1.29 is 8.78 Å². The van der Waals surface area contributed by atoms with Gasteiger partial charge in [-0.1, -0.05) is 12.1 Å². The molecule has 1 N–H and O–H groups in total. The Morgan fingerprint density at radius 1 is 0.968 bits per heavy atom. The van der Waals surface area contributed by atoms with Gasteiger partial charge in [-0.25, -0.2) is 13.8 Å². The fraction of sp³-hybridized carbons (Fsp3) is 0.174. The predicted molar refractivity (Wildman–Crippen MR) is 116 cm³/mol. The van der Waals surface area contributed by atoms with Crippen LogP contribution in [-0.4, -0.2) is 39.3 Å². The van der Waals surface area contributed by atoms with Gasteiger partial charge in [-0.3, -0.25) is 9.97 Å². The minimum Gasteiger partial charge on any atom is -0.347 e. The van der Waals surface area contributed by atoms with Gasteiger partial charge < -0.3 is 9.79 Å². The van der Waals surface area contributed by atoms with Gasteiger partial charge in [-0.15, -0.1) is 0 Å². The molecule has 0 aliphatic heterocycles. The summed E-state index contributed by atoms with van der Waals surface area (Å²) in [4.78, 5) is 18.2. The summed E-state index contributed by atoms with van der Waals surface area (Å²) in [5.41, 5.74) is 4.10. The molecule has 0 amide bonds. The molecule has 0 aliphatic rings. The number of hydrogen-bond acceptors (Lipinski definition) is 4. The van der Waals surface area contributed by atoms with Crippen molar-refractivity contribution in [3.8, 4) is 22.6 Å². The van der Waals surface area contributed by atoms with Crippen LogP contribution < -0.4 is 0 Å². The van der Waals surface area contributed by atoms with Crippen LogP contribution in [0.15, 0.2) is 60.9 Å². The molecule has 5 nitrogen and oxygen atoms in total. The molecule has 1 aromatic carbocycles. The van der Waals surface area contributed by atoms with Crippen molar-refractivity contribution in [1.29, 1.82) is 0 Å². The lowest BCUT2D eigenvalue weighted by molar-refractivity contribution is 0.431. The molecular formula is C23H20BF2N5. The van der Waals surface area contributed by atoms with E-state index in [4.69, 9.17) is 13.0 Å². The summed E-state index contributed by atoms with van der Waals surface area (Å²) in [6, 6.07) is 13.4. The third kappa shape index (κ3) is 4.86. The summed E-state index contributed by atoms with van der Waals surface area (Å²) >= 11 is 0. The number of aryl methyl sites for hydroxylation is 1. The molecule has 8 heteroatoms. The van der Waals surface area contributed by atoms with E-state index in [1.54, 1.807) is 12.4 Å². The average molecular weight is 415 g/mol. The standard InChI is InChI=1S/C23H20BF2N5/c1-15-4-2-7-20(28-15)23-22(16-8-11-27-12-9-16)29-21(30-23)14-31(24)13-10-17-18(25)5-3-6-19(17)26/h2-9,11-12H,10,13-14H2,1H3,(H,29,30). The lowest BCUT2D eigenvalue weighted by Gasteiger charge is -2.16. The van der Waals surface area contributed by atoms with E-state index >= 15 is 0 Å². The van der Waals surface area contributed by atoms with Crippen molar-refractivity contribution in [2.24, 2.45) is 0 Å². The number of imidazole rings is 1. The molecule has 0 bridgehead atoms. The summed E-state index contributed by atoms with van der Waals surface area (Å²) in [7, 11) is 6.12. The number of nitrogens with one attached hydrogen (secondary N) is 1. The largest absolute Gasteiger partial charge is 0.347 e. The average Bonchev–Trinajstić information content (AvgIpc) is 3.18. The number of pyridine rings is 2. The lowest BCUT2D eigenvalue weighted by atomic mass is 10.1. The first-order chi connectivity index (χ1) is 15.0. The molecule has 0 aliphatic carbocycles. The number of rotatable bonds is 7. The summed E-state index contributed by atoms with van der Waals surface area (Å²) in [5, 5.41) is 0. The molecule has 0 unspecified atom stereocenters. The first kappa shape index (κ1) is 20.9. The highest BCUT2D eigenvalue weighted by molar-refractivity contribution is 6.04. The highest BCUT2D eigenvalue weighted by atomic mass is 19.1. The van der Waals surface area contributed by atoms with Crippen LogP contribution in [0, 0.1) is 18.6 Å². The van der Waals surface area contributed by atoms with E-state index in [0.717, 1.165) is 28.3 Å². The highest BCUT2D eigenvalue weighted by Crippen LogP contribution is 2.29. The number of H-pyrrole nitrogens is 1. The number of benzene rings is 1. The van der Waals surface area contributed by atoms with Gasteiger partial charge in [-0.05, 0) is 56.3 Å². The monoisotopic (exact) mass is 415 g/mol. The maximum atomic E-state index is 13.9. The molecule has 4 rings (SSSR count). The number of aromatic amines is 1. The Morgan fingerprint density at radius 2 is 1.68 bits per heavy atom. The molecule has 0 atom stereocenters. The second-order valence-corrected chi connectivity index (χ2v) is 7.23. The summed E-state index contributed by atoms with van der Waals surface area (Å²) in [5.74, 6) is -0.514. The van der Waals surface area contributed by atoms with Crippen molar-refractivity contribution in [2.75, 3.05) is 6.54 Å². The van der Waals surface area contributed by atoms with Gasteiger partial charge in [0.25, 0.3) is 0 Å². The Morgan fingerprint density at radius 3 is 2.39 bits per heavy atom. The normalized spacial score (nSPS) is 11.2. The van der Waals surface area contributed by atoms with E-state index in [1.165, 1.54) is 23.0 Å². The van der Waals surface area contributed by atoms with Crippen LogP contribution in [0.4, 0.5) is 8.78 Å². The third-order valence-corrected chi connectivity index (χ3v) is 4.91. The Hall–Kier alpha value is -3.39. The Kier molecular flexibility index (Phi) is 6.18. The quantitative estimate of drug-likeness (QED) is 0.459. The molecule has 3 heterocycles. The molecular weight excluding hydrogens is 395 g/mol. The van der Waals surface area contributed by atoms with E-state index in [9.17, 15) is 8.78 Å². The van der Waals surface area contributed by atoms with Crippen LogP contribution in [0.2, 0.25) is 0 Å². The van der Waals surface area contributed by atoms with Gasteiger partial charge in [0.2, 0.25) is 0 Å². The van der Waals surface area contributed by atoms with E-state index in [0.29, 0.717) is 5.82 Å². The van der Waals surface area contributed by atoms with Gasteiger partial charge in [-0.2, -0.15) is 0 Å². The van der Waals surface area contributed by atoms with Crippen LogP contribution in [0.3, 0.4) is 0 Å². The molecule has 0 saturated carbocycles. The third-order valence-electron chi connectivity index (χ3n) is 4.91. The highest BCUT2D eigenvalue weighted by Gasteiger charge is 2.17. The fourth-order valence-corrected chi connectivity index (χ4v) is 3.38. The zero-order valence-corrected chi connectivity index (χ0v) is 17.0. The Labute approximate surface area is 180 Å². The molecule has 0 saturated heterocycles. The van der Waals surface area contributed by atoms with Crippen molar-refractivity contribution >= 4 is 7.98 Å². The van der Waals surface area contributed by atoms with E-state index in [2.05, 4.69) is 15.0 Å². The second kappa shape index (κ2) is 9.18. The lowest BCUT2D eigenvalue weighted by Crippen LogP contribution is -2.23. The minimum absolute atomic E-state index is 0.0273. The van der Waals surface area contributed by atoms with E-state index in [1.807, 2.05) is 37.3 Å². The first-order valence-corrected chi connectivity index (χ1v) is 9.87. The number of aromatic nitrogens is 4. The van der Waals surface area contributed by atoms with Gasteiger partial charge in [0.05, 0.1) is 17.1 Å². The first-order valence-electron chi connectivity index (χ1n) is 9.87. The smallest absolute Gasteiger partial charge is 0.183 e. The van der Waals surface area contributed by atoms with Crippen molar-refractivity contribution in [2.45, 2.75) is 19.9 Å². The van der Waals surface area contributed by atoms with Crippen LogP contribution in [-0.2, 0) is 13.0 Å². The zero-order chi connectivity index (χ0) is 21.8. The van der Waals surface area contributed by atoms with Crippen molar-refractivity contribution in [3.05, 3.63) is 89.6 Å². The van der Waals surface area contributed by atoms with Gasteiger partial charge >= 0.3 is 0 Å². The molecule has 2 radical (unpaired) electrons. The summed E-state index contributed by atoms with van der Waals surface area (Å²) < 4.78 is 27.7. The zero-order valence-electron chi connectivity index (χ0n) is 17.0. The fourth-order valence-electron chi connectivity index (χ4n) is 3.38. The van der Waals surface area contributed by atoms with Gasteiger partial charge in [0, 0.05) is 35.8 Å². The van der Waals surface area contributed by atoms with Crippen molar-refractivity contribution in [3.63, 3.8) is 0 Å². The van der Waals surface area contributed by atoms with Gasteiger partial charge in [0.1, 0.15) is 17.5 Å². The van der Waals surface area contributed by atoms with Crippen LogP contribution in [0.25, 0.3) is 22.6 Å². The van der Waals surface area contributed by atoms with Crippen LogP contribution >= 0.6 is 0 Å². The molecule has 31 heavy (non-hydrogen) atoms. The van der Waals surface area contributed by atoms with Gasteiger partial charge in [0.15, 0.2) is 7.98 Å². The topological polar surface area (TPSA) is 57.7 Å². The Bertz CT molecular complexity index is 1160. The molecule has 3 aromatic heterocycles. The number of nitrogens with zero attached hydrogens (tertiary/aromatic N) is 4. The van der Waals surface area contributed by atoms with Crippen LogP contribution in [0.1, 0.15) is 17.1 Å². The Balaban J connectivity index is 1.57. The SMILES string of the molecule is [B]N(CCc1c(F)cccc1F)Cc1nc(-c2ccncc2)c(-c2cccc(C)n2)[nH]1. The second-order valence-electron chi connectivity index (χ2n) is 7.23.